The zero-order valence-corrected chi connectivity index (χ0v) is 13.9. The van der Waals surface area contributed by atoms with E-state index in [0.29, 0.717) is 21.8 Å². The molecule has 1 N–H and O–H groups in total. The maximum absolute atomic E-state index is 13.7. The van der Waals surface area contributed by atoms with E-state index in [2.05, 4.69) is 10.4 Å². The van der Waals surface area contributed by atoms with Crippen LogP contribution in [0.25, 0.3) is 0 Å². The van der Waals surface area contributed by atoms with Gasteiger partial charge < -0.3 is 5.32 Å². The van der Waals surface area contributed by atoms with Crippen molar-refractivity contribution >= 4 is 34.8 Å². The first-order chi connectivity index (χ1) is 11.5. The number of carbonyl (C=O) groups is 1. The van der Waals surface area contributed by atoms with Gasteiger partial charge in [-0.2, -0.15) is 5.10 Å². The van der Waals surface area contributed by atoms with E-state index >= 15 is 0 Å². The maximum atomic E-state index is 13.7. The first-order valence-electron chi connectivity index (χ1n) is 7.05. The molecular weight excluding hydrogens is 352 g/mol. The minimum atomic E-state index is -0.373. The monoisotopic (exact) mass is 363 g/mol. The van der Waals surface area contributed by atoms with Crippen molar-refractivity contribution in [3.05, 3.63) is 81.8 Å². The van der Waals surface area contributed by atoms with Crippen LogP contribution in [0.4, 0.5) is 10.1 Å². The Bertz CT molecular complexity index is 895. The third kappa shape index (κ3) is 3.75. The summed E-state index contributed by atoms with van der Waals surface area (Å²) in [5, 5.41) is 7.53. The molecule has 0 aliphatic carbocycles. The number of carbonyl (C=O) groups excluding carboxylic acids is 1. The fourth-order valence-corrected chi connectivity index (χ4v) is 2.68. The lowest BCUT2D eigenvalue weighted by molar-refractivity contribution is 0.102. The molecule has 0 aliphatic heterocycles. The zero-order valence-electron chi connectivity index (χ0n) is 12.3. The van der Waals surface area contributed by atoms with Crippen molar-refractivity contribution in [3.8, 4) is 0 Å². The van der Waals surface area contributed by atoms with Crippen molar-refractivity contribution in [3.63, 3.8) is 0 Å². The van der Waals surface area contributed by atoms with E-state index in [1.54, 1.807) is 36.5 Å². The first kappa shape index (κ1) is 16.5. The second-order valence-corrected chi connectivity index (χ2v) is 5.94. The van der Waals surface area contributed by atoms with Gasteiger partial charge in [-0.3, -0.25) is 9.48 Å². The molecule has 3 aromatic rings. The standard InChI is InChI=1S/C17H12Cl2FN3O/c18-12-5-6-14(15(19)7-12)17(24)22-13-8-21-23(10-13)9-11-3-1-2-4-16(11)20/h1-8,10H,9H2,(H,22,24). The van der Waals surface area contributed by atoms with Crippen LogP contribution in [0.3, 0.4) is 0 Å². The summed E-state index contributed by atoms with van der Waals surface area (Å²) in [6, 6.07) is 11.1. The molecule has 1 heterocycles. The molecule has 0 saturated carbocycles. The minimum Gasteiger partial charge on any atom is -0.319 e. The van der Waals surface area contributed by atoms with E-state index in [9.17, 15) is 9.18 Å². The van der Waals surface area contributed by atoms with Gasteiger partial charge in [0.1, 0.15) is 5.82 Å². The Morgan fingerprint density at radius 3 is 2.75 bits per heavy atom. The van der Waals surface area contributed by atoms with Crippen LogP contribution in [0.1, 0.15) is 15.9 Å². The Morgan fingerprint density at radius 2 is 2.00 bits per heavy atom. The van der Waals surface area contributed by atoms with Crippen molar-refractivity contribution in [2.75, 3.05) is 5.32 Å². The molecule has 0 fully saturated rings. The van der Waals surface area contributed by atoms with Crippen molar-refractivity contribution in [1.29, 1.82) is 0 Å². The van der Waals surface area contributed by atoms with Crippen LogP contribution >= 0.6 is 23.2 Å². The summed E-state index contributed by atoms with van der Waals surface area (Å²) in [6.07, 6.45) is 3.11. The van der Waals surface area contributed by atoms with E-state index in [1.807, 2.05) is 0 Å². The number of hydrogen-bond acceptors (Lipinski definition) is 2. The average Bonchev–Trinajstić information content (AvgIpc) is 2.96. The van der Waals surface area contributed by atoms with Crippen LogP contribution in [0.2, 0.25) is 10.0 Å². The number of halogens is 3. The predicted molar refractivity (Wildman–Crippen MR) is 92.1 cm³/mol. The quantitative estimate of drug-likeness (QED) is 0.734. The highest BCUT2D eigenvalue weighted by Gasteiger charge is 2.12. The van der Waals surface area contributed by atoms with E-state index in [4.69, 9.17) is 23.2 Å². The van der Waals surface area contributed by atoms with Gasteiger partial charge in [0.15, 0.2) is 0 Å². The van der Waals surface area contributed by atoms with Crippen LogP contribution in [-0.2, 0) is 6.54 Å². The zero-order chi connectivity index (χ0) is 17.1. The van der Waals surface area contributed by atoms with E-state index < -0.39 is 0 Å². The maximum Gasteiger partial charge on any atom is 0.257 e. The molecule has 0 saturated heterocycles. The van der Waals surface area contributed by atoms with E-state index in [0.717, 1.165) is 0 Å². The number of aromatic nitrogens is 2. The van der Waals surface area contributed by atoms with Gasteiger partial charge in [0, 0.05) is 16.8 Å². The van der Waals surface area contributed by atoms with Gasteiger partial charge in [0.2, 0.25) is 0 Å². The highest BCUT2D eigenvalue weighted by atomic mass is 35.5. The lowest BCUT2D eigenvalue weighted by Crippen LogP contribution is -2.12. The topological polar surface area (TPSA) is 46.9 Å². The SMILES string of the molecule is O=C(Nc1cnn(Cc2ccccc2F)c1)c1ccc(Cl)cc1Cl. The number of nitrogens with zero attached hydrogens (tertiary/aromatic N) is 2. The van der Waals surface area contributed by atoms with Crippen molar-refractivity contribution < 1.29 is 9.18 Å². The molecule has 0 aliphatic rings. The van der Waals surface area contributed by atoms with Crippen LogP contribution in [0.15, 0.2) is 54.9 Å². The molecule has 0 bridgehead atoms. The lowest BCUT2D eigenvalue weighted by atomic mass is 10.2. The van der Waals surface area contributed by atoms with Crippen LogP contribution in [-0.4, -0.2) is 15.7 Å². The summed E-state index contributed by atoms with van der Waals surface area (Å²) in [5.41, 5.74) is 1.31. The molecule has 4 nitrogen and oxygen atoms in total. The highest BCUT2D eigenvalue weighted by molar-refractivity contribution is 6.37. The van der Waals surface area contributed by atoms with Gasteiger partial charge in [0.05, 0.1) is 29.0 Å². The fraction of sp³-hybridized carbons (Fsp3) is 0.0588. The van der Waals surface area contributed by atoms with Gasteiger partial charge in [-0.15, -0.1) is 0 Å². The predicted octanol–water partition coefficient (Wildman–Crippen LogP) is 4.63. The van der Waals surface area contributed by atoms with Crippen molar-refractivity contribution in [2.24, 2.45) is 0 Å². The Kier molecular flexibility index (Phi) is 4.83. The number of benzene rings is 2. The second kappa shape index (κ2) is 7.03. The van der Waals surface area contributed by atoms with Crippen molar-refractivity contribution in [1.82, 2.24) is 9.78 Å². The van der Waals surface area contributed by atoms with Crippen molar-refractivity contribution in [2.45, 2.75) is 6.54 Å². The molecule has 1 amide bonds. The number of amides is 1. The number of rotatable bonds is 4. The molecule has 0 radical (unpaired) electrons. The molecule has 3 rings (SSSR count). The third-order valence-corrected chi connectivity index (χ3v) is 3.90. The van der Waals surface area contributed by atoms with Gasteiger partial charge in [0.25, 0.3) is 5.91 Å². The third-order valence-electron chi connectivity index (χ3n) is 3.36. The largest absolute Gasteiger partial charge is 0.319 e. The Hall–Kier alpha value is -2.37. The minimum absolute atomic E-state index is 0.263. The number of hydrogen-bond donors (Lipinski definition) is 1. The van der Waals surface area contributed by atoms with Gasteiger partial charge >= 0.3 is 0 Å². The highest BCUT2D eigenvalue weighted by Crippen LogP contribution is 2.22. The van der Waals surface area contributed by atoms with Crippen LogP contribution in [0.5, 0.6) is 0 Å². The van der Waals surface area contributed by atoms with E-state index in [1.165, 1.54) is 23.0 Å². The molecule has 122 valence electrons. The lowest BCUT2D eigenvalue weighted by Gasteiger charge is -2.05. The molecule has 0 spiro atoms. The summed E-state index contributed by atoms with van der Waals surface area (Å²) in [4.78, 5) is 12.2. The summed E-state index contributed by atoms with van der Waals surface area (Å²) in [6.45, 7) is 0.268. The summed E-state index contributed by atoms with van der Waals surface area (Å²) >= 11 is 11.8. The average molecular weight is 364 g/mol. The van der Waals surface area contributed by atoms with Gasteiger partial charge in [-0.1, -0.05) is 41.4 Å². The molecule has 0 unspecified atom stereocenters. The smallest absolute Gasteiger partial charge is 0.257 e. The fourth-order valence-electron chi connectivity index (χ4n) is 2.19. The Balaban J connectivity index is 1.72. The van der Waals surface area contributed by atoms with Gasteiger partial charge in [-0.05, 0) is 24.3 Å². The molecule has 0 atom stereocenters. The first-order valence-corrected chi connectivity index (χ1v) is 7.81. The summed E-state index contributed by atoms with van der Waals surface area (Å²) < 4.78 is 15.2. The van der Waals surface area contributed by atoms with E-state index in [-0.39, 0.29) is 23.3 Å². The van der Waals surface area contributed by atoms with Crippen LogP contribution in [0, 0.1) is 5.82 Å². The normalized spacial score (nSPS) is 10.6. The molecule has 2 aromatic carbocycles. The summed E-state index contributed by atoms with van der Waals surface area (Å²) in [7, 11) is 0. The summed E-state index contributed by atoms with van der Waals surface area (Å²) in [5.74, 6) is -0.673. The van der Waals surface area contributed by atoms with Gasteiger partial charge in [-0.25, -0.2) is 4.39 Å². The molecule has 24 heavy (non-hydrogen) atoms. The van der Waals surface area contributed by atoms with Crippen LogP contribution < -0.4 is 5.32 Å². The molecular formula is C17H12Cl2FN3O. The molecule has 7 heteroatoms. The second-order valence-electron chi connectivity index (χ2n) is 5.10. The molecule has 1 aromatic heterocycles. The Morgan fingerprint density at radius 1 is 1.21 bits per heavy atom. The number of anilines is 1. The number of nitrogens with one attached hydrogen (secondary N) is 1. The Labute approximate surface area is 147 Å².